The van der Waals surface area contributed by atoms with E-state index >= 15 is 0 Å². The summed E-state index contributed by atoms with van der Waals surface area (Å²) in [7, 11) is 0. The second-order valence-corrected chi connectivity index (χ2v) is 6.58. The van der Waals surface area contributed by atoms with Crippen molar-refractivity contribution in [1.29, 1.82) is 0 Å². The number of hydrogen-bond acceptors (Lipinski definition) is 1. The van der Waals surface area contributed by atoms with Gasteiger partial charge in [-0.2, -0.15) is 0 Å². The molecule has 2 saturated carbocycles. The molecule has 1 heteroatoms. The van der Waals surface area contributed by atoms with Gasteiger partial charge in [0.05, 0.1) is 0 Å². The first-order valence-electron chi connectivity index (χ1n) is 6.80. The summed E-state index contributed by atoms with van der Waals surface area (Å²) >= 11 is 0. The van der Waals surface area contributed by atoms with E-state index in [0.717, 1.165) is 17.8 Å². The molecule has 2 rings (SSSR count). The predicted octanol–water partition coefficient (Wildman–Crippen LogP) is 3.58. The Labute approximate surface area is 94.8 Å². The number of hydrogen-bond donors (Lipinski definition) is 1. The third-order valence-corrected chi connectivity index (χ3v) is 5.00. The van der Waals surface area contributed by atoms with Crippen molar-refractivity contribution in [1.82, 2.24) is 0 Å². The first-order chi connectivity index (χ1) is 7.04. The molecule has 0 aromatic heterocycles. The Bertz CT molecular complexity index is 221. The second-order valence-electron chi connectivity index (χ2n) is 6.58. The van der Waals surface area contributed by atoms with E-state index in [-0.39, 0.29) is 0 Å². The highest BCUT2D eigenvalue weighted by Gasteiger charge is 2.50. The summed E-state index contributed by atoms with van der Waals surface area (Å²) in [6.45, 7) is 7.08. The zero-order valence-corrected chi connectivity index (χ0v) is 10.6. The van der Waals surface area contributed by atoms with Gasteiger partial charge in [0.25, 0.3) is 0 Å². The molecule has 0 heterocycles. The maximum atomic E-state index is 6.45. The van der Waals surface area contributed by atoms with Crippen LogP contribution < -0.4 is 5.73 Å². The van der Waals surface area contributed by atoms with Gasteiger partial charge in [0.2, 0.25) is 0 Å². The molecule has 0 aromatic carbocycles. The van der Waals surface area contributed by atoms with Crippen molar-refractivity contribution in [2.24, 2.45) is 28.9 Å². The van der Waals surface area contributed by atoms with Gasteiger partial charge < -0.3 is 5.73 Å². The Morgan fingerprint density at radius 1 is 1.33 bits per heavy atom. The second kappa shape index (κ2) is 4.08. The fourth-order valence-corrected chi connectivity index (χ4v) is 3.55. The lowest BCUT2D eigenvalue weighted by Gasteiger charge is -2.33. The smallest absolute Gasteiger partial charge is 0.0101 e. The van der Waals surface area contributed by atoms with Crippen LogP contribution in [0.4, 0.5) is 0 Å². The van der Waals surface area contributed by atoms with Crippen molar-refractivity contribution >= 4 is 0 Å². The quantitative estimate of drug-likeness (QED) is 0.755. The van der Waals surface area contributed by atoms with Gasteiger partial charge in [-0.1, -0.05) is 40.0 Å². The van der Waals surface area contributed by atoms with Crippen LogP contribution in [0.5, 0.6) is 0 Å². The van der Waals surface area contributed by atoms with Gasteiger partial charge in [-0.15, -0.1) is 0 Å². The van der Waals surface area contributed by atoms with Crippen LogP contribution in [0.3, 0.4) is 0 Å². The lowest BCUT2D eigenvalue weighted by Crippen LogP contribution is -2.36. The summed E-state index contributed by atoms with van der Waals surface area (Å²) in [6.07, 6.45) is 8.39. The maximum Gasteiger partial charge on any atom is 0.0101 e. The highest BCUT2D eigenvalue weighted by atomic mass is 14.7. The van der Waals surface area contributed by atoms with Gasteiger partial charge in [0.1, 0.15) is 0 Å². The van der Waals surface area contributed by atoms with E-state index in [1.54, 1.807) is 0 Å². The van der Waals surface area contributed by atoms with Crippen LogP contribution in [0.1, 0.15) is 59.3 Å². The number of rotatable bonds is 3. The highest BCUT2D eigenvalue weighted by Crippen LogP contribution is 2.55. The van der Waals surface area contributed by atoms with Crippen molar-refractivity contribution in [3.63, 3.8) is 0 Å². The first kappa shape index (κ1) is 11.4. The lowest BCUT2D eigenvalue weighted by atomic mass is 9.75. The van der Waals surface area contributed by atoms with Crippen molar-refractivity contribution in [3.05, 3.63) is 0 Å². The van der Waals surface area contributed by atoms with E-state index in [9.17, 15) is 0 Å². The van der Waals surface area contributed by atoms with Crippen LogP contribution in [0.15, 0.2) is 0 Å². The predicted molar refractivity (Wildman–Crippen MR) is 65.6 cm³/mol. The Kier molecular flexibility index (Phi) is 3.12. The standard InChI is InChI=1S/C14H27N/c1-4-10-6-5-7-11(8-10)13(15)12-9-14(12,2)3/h10-13H,4-9,15H2,1-3H3. The average Bonchev–Trinajstić information content (AvgIpc) is 2.87. The molecule has 88 valence electrons. The summed E-state index contributed by atoms with van der Waals surface area (Å²) in [5.74, 6) is 2.62. The molecule has 0 aromatic rings. The molecule has 0 amide bonds. The van der Waals surface area contributed by atoms with Gasteiger partial charge in [0.15, 0.2) is 0 Å². The van der Waals surface area contributed by atoms with E-state index < -0.39 is 0 Å². The largest absolute Gasteiger partial charge is 0.327 e. The molecule has 1 nitrogen and oxygen atoms in total. The molecule has 0 aliphatic heterocycles. The molecule has 0 spiro atoms. The maximum absolute atomic E-state index is 6.45. The zero-order chi connectivity index (χ0) is 11.1. The first-order valence-corrected chi connectivity index (χ1v) is 6.80. The minimum atomic E-state index is 0.495. The van der Waals surface area contributed by atoms with E-state index in [4.69, 9.17) is 5.73 Å². The minimum Gasteiger partial charge on any atom is -0.327 e. The van der Waals surface area contributed by atoms with Crippen LogP contribution in [0, 0.1) is 23.2 Å². The van der Waals surface area contributed by atoms with Crippen LogP contribution in [-0.4, -0.2) is 6.04 Å². The molecular weight excluding hydrogens is 182 g/mol. The molecule has 0 saturated heterocycles. The SMILES string of the molecule is CCC1CCCC(C(N)C2CC2(C)C)C1. The van der Waals surface area contributed by atoms with Crippen molar-refractivity contribution in [2.75, 3.05) is 0 Å². The van der Waals surface area contributed by atoms with Crippen LogP contribution in [-0.2, 0) is 0 Å². The third kappa shape index (κ3) is 2.38. The van der Waals surface area contributed by atoms with Crippen LogP contribution in [0.2, 0.25) is 0 Å². The monoisotopic (exact) mass is 209 g/mol. The molecule has 2 fully saturated rings. The Hall–Kier alpha value is -0.0400. The molecule has 4 atom stereocenters. The van der Waals surface area contributed by atoms with E-state index in [1.807, 2.05) is 0 Å². The van der Waals surface area contributed by atoms with Crippen molar-refractivity contribution < 1.29 is 0 Å². The summed E-state index contributed by atoms with van der Waals surface area (Å²) in [4.78, 5) is 0. The molecule has 4 unspecified atom stereocenters. The van der Waals surface area contributed by atoms with E-state index in [2.05, 4.69) is 20.8 Å². The normalized spacial score (nSPS) is 41.2. The van der Waals surface area contributed by atoms with Crippen LogP contribution in [0.25, 0.3) is 0 Å². The minimum absolute atomic E-state index is 0.495. The summed E-state index contributed by atoms with van der Waals surface area (Å²) < 4.78 is 0. The van der Waals surface area contributed by atoms with Gasteiger partial charge in [-0.25, -0.2) is 0 Å². The van der Waals surface area contributed by atoms with Crippen LogP contribution >= 0.6 is 0 Å². The Morgan fingerprint density at radius 2 is 2.00 bits per heavy atom. The van der Waals surface area contributed by atoms with Crippen molar-refractivity contribution in [2.45, 2.75) is 65.3 Å². The molecule has 0 bridgehead atoms. The fourth-order valence-electron chi connectivity index (χ4n) is 3.55. The van der Waals surface area contributed by atoms with E-state index in [1.165, 1.54) is 38.5 Å². The topological polar surface area (TPSA) is 26.0 Å². The van der Waals surface area contributed by atoms with Gasteiger partial charge in [-0.3, -0.25) is 0 Å². The summed E-state index contributed by atoms with van der Waals surface area (Å²) in [6, 6.07) is 0.495. The highest BCUT2D eigenvalue weighted by molar-refractivity contribution is 5.03. The average molecular weight is 209 g/mol. The Balaban J connectivity index is 1.87. The fraction of sp³-hybridized carbons (Fsp3) is 1.00. The van der Waals surface area contributed by atoms with Gasteiger partial charge in [-0.05, 0) is 42.4 Å². The van der Waals surface area contributed by atoms with Gasteiger partial charge >= 0.3 is 0 Å². The molecule has 2 N–H and O–H groups in total. The molecule has 0 radical (unpaired) electrons. The zero-order valence-electron chi connectivity index (χ0n) is 10.6. The third-order valence-electron chi connectivity index (χ3n) is 5.00. The molecule has 2 aliphatic carbocycles. The number of nitrogens with two attached hydrogens (primary N) is 1. The molecule has 15 heavy (non-hydrogen) atoms. The molecular formula is C14H27N. The van der Waals surface area contributed by atoms with Gasteiger partial charge in [0, 0.05) is 6.04 Å². The summed E-state index contributed by atoms with van der Waals surface area (Å²) in [5, 5.41) is 0. The molecule has 2 aliphatic rings. The lowest BCUT2D eigenvalue weighted by molar-refractivity contribution is 0.209. The van der Waals surface area contributed by atoms with E-state index in [0.29, 0.717) is 11.5 Å². The Morgan fingerprint density at radius 3 is 2.53 bits per heavy atom. The van der Waals surface area contributed by atoms with Crippen molar-refractivity contribution in [3.8, 4) is 0 Å². The summed E-state index contributed by atoms with van der Waals surface area (Å²) in [5.41, 5.74) is 7.00.